The molecule has 4 heterocycles. The van der Waals surface area contributed by atoms with Crippen LogP contribution in [-0.4, -0.2) is 58.3 Å². The quantitative estimate of drug-likeness (QED) is 0.137. The van der Waals surface area contributed by atoms with Gasteiger partial charge in [-0.25, -0.2) is 22.5 Å². The second-order valence-electron chi connectivity index (χ2n) is 10.1. The molecule has 1 unspecified atom stereocenters. The molecule has 238 valence electrons. The van der Waals surface area contributed by atoms with Gasteiger partial charge in [-0.2, -0.15) is 13.5 Å². The summed E-state index contributed by atoms with van der Waals surface area (Å²) in [6, 6.07) is 2.92. The maximum Gasteiger partial charge on any atom is 0.306 e. The topological polar surface area (TPSA) is 156 Å². The maximum atomic E-state index is 13.3. The van der Waals surface area contributed by atoms with Crippen LogP contribution in [0.5, 0.6) is 5.75 Å². The van der Waals surface area contributed by atoms with E-state index in [9.17, 15) is 40.9 Å². The Balaban J connectivity index is 1.22. The molecule has 44 heavy (non-hydrogen) atoms. The number of carbonyl (C=O) groups excluding carboxylic acids is 1. The number of nitro benzene ring substituents is 1. The molecule has 2 aliphatic heterocycles. The van der Waals surface area contributed by atoms with Crippen LogP contribution >= 0.6 is 11.3 Å². The molecule has 19 heteroatoms. The van der Waals surface area contributed by atoms with Gasteiger partial charge in [0, 0.05) is 36.0 Å². The predicted molar refractivity (Wildman–Crippen MR) is 144 cm³/mol. The number of hydrogen-bond donors (Lipinski definition) is 0. The van der Waals surface area contributed by atoms with Crippen molar-refractivity contribution in [2.75, 3.05) is 19.3 Å². The highest BCUT2D eigenvalue weighted by Crippen LogP contribution is 2.39. The minimum atomic E-state index is -3.93. The zero-order chi connectivity index (χ0) is 31.8. The fraction of sp³-hybridized carbons (Fsp3) is 0.480. The molecule has 1 atom stereocenters. The molecule has 0 aliphatic carbocycles. The van der Waals surface area contributed by atoms with E-state index in [1.807, 2.05) is 0 Å². The lowest BCUT2D eigenvalue weighted by Gasteiger charge is -2.31. The molecule has 0 spiro atoms. The Kier molecular flexibility index (Phi) is 9.19. The van der Waals surface area contributed by atoms with Crippen LogP contribution in [0, 0.1) is 10.1 Å². The van der Waals surface area contributed by atoms with Gasteiger partial charge in [0.2, 0.25) is 12.2 Å². The second kappa shape index (κ2) is 12.7. The highest BCUT2D eigenvalue weighted by atomic mass is 32.2. The summed E-state index contributed by atoms with van der Waals surface area (Å²) in [6.45, 7) is -0.546. The number of likely N-dealkylation sites (tertiary alicyclic amines) is 1. The van der Waals surface area contributed by atoms with E-state index in [0.29, 0.717) is 29.3 Å². The number of thiazole rings is 1. The zero-order valence-electron chi connectivity index (χ0n) is 22.9. The second-order valence-corrected chi connectivity index (χ2v) is 12.5. The number of halogens is 4. The molecule has 2 aliphatic rings. The summed E-state index contributed by atoms with van der Waals surface area (Å²) < 4.78 is 93.1. The number of fused-ring (bicyclic) bond motifs is 1. The lowest BCUT2D eigenvalue weighted by atomic mass is 9.97. The van der Waals surface area contributed by atoms with E-state index < -0.39 is 58.0 Å². The molecular formula is C25H25F4N5O8S2. The molecule has 1 saturated heterocycles. The van der Waals surface area contributed by atoms with Crippen LogP contribution in [0.25, 0.3) is 0 Å². The van der Waals surface area contributed by atoms with Crippen molar-refractivity contribution in [2.24, 2.45) is 0 Å². The van der Waals surface area contributed by atoms with Gasteiger partial charge < -0.3 is 18.6 Å². The number of aromatic nitrogens is 3. The average molecular weight is 664 g/mol. The Bertz CT molecular complexity index is 1660. The third kappa shape index (κ3) is 7.00. The summed E-state index contributed by atoms with van der Waals surface area (Å²) in [5, 5.41) is 17.5. The smallest absolute Gasteiger partial charge is 0.306 e. The largest absolute Gasteiger partial charge is 0.382 e. The first-order chi connectivity index (χ1) is 20.8. The Morgan fingerprint density at radius 2 is 1.84 bits per heavy atom. The summed E-state index contributed by atoms with van der Waals surface area (Å²) in [7, 11) is -3.93. The molecule has 13 nitrogen and oxygen atoms in total. The third-order valence-electron chi connectivity index (χ3n) is 7.10. The van der Waals surface area contributed by atoms with Crippen molar-refractivity contribution in [1.82, 2.24) is 19.7 Å². The van der Waals surface area contributed by atoms with Crippen molar-refractivity contribution in [2.45, 2.75) is 57.7 Å². The van der Waals surface area contributed by atoms with E-state index in [1.165, 1.54) is 22.3 Å². The Morgan fingerprint density at radius 3 is 2.45 bits per heavy atom. The van der Waals surface area contributed by atoms with Crippen LogP contribution in [0.1, 0.15) is 71.1 Å². The average Bonchev–Trinajstić information content (AvgIpc) is 3.55. The first-order valence-corrected chi connectivity index (χ1v) is 15.8. The number of piperidine rings is 1. The van der Waals surface area contributed by atoms with Gasteiger partial charge in [-0.15, -0.1) is 11.3 Å². The Labute approximate surface area is 251 Å². The zero-order valence-corrected chi connectivity index (χ0v) is 24.5. The van der Waals surface area contributed by atoms with E-state index in [4.69, 9.17) is 13.7 Å². The number of hydrogen-bond acceptors (Lipinski definition) is 11. The molecular weight excluding hydrogens is 638 g/mol. The van der Waals surface area contributed by atoms with E-state index >= 15 is 0 Å². The standard InChI is InChI=1S/C25H25F4N5O8S2/c1-44(38,39)42-20-3-2-18(34(36)37)14-10-40-25(41-11-15(14)20)17-12-43-24(30-17)13-4-6-32(7-5-13)21(35)9-33-19(23(28)29)8-16(31-33)22(26)27/h2-3,8,12-13,22-23,25H,4-7,9-11H2,1H3. The number of alkyl halides is 4. The van der Waals surface area contributed by atoms with Crippen LogP contribution in [0.15, 0.2) is 23.6 Å². The summed E-state index contributed by atoms with van der Waals surface area (Å²) in [5.74, 6) is -0.685. The Morgan fingerprint density at radius 1 is 1.16 bits per heavy atom. The highest BCUT2D eigenvalue weighted by molar-refractivity contribution is 7.86. The van der Waals surface area contributed by atoms with Crippen LogP contribution in [0.4, 0.5) is 23.2 Å². The number of amides is 1. The van der Waals surface area contributed by atoms with Crippen molar-refractivity contribution in [1.29, 1.82) is 0 Å². The summed E-state index contributed by atoms with van der Waals surface area (Å²) in [6.07, 6.45) is -5.28. The van der Waals surface area contributed by atoms with Crippen molar-refractivity contribution in [3.05, 3.63) is 66.9 Å². The predicted octanol–water partition coefficient (Wildman–Crippen LogP) is 4.61. The van der Waals surface area contributed by atoms with Crippen LogP contribution in [0.3, 0.4) is 0 Å². The van der Waals surface area contributed by atoms with E-state index in [1.54, 1.807) is 5.38 Å². The fourth-order valence-corrected chi connectivity index (χ4v) is 6.46. The molecule has 0 N–H and O–H groups in total. The number of carbonyl (C=O) groups is 1. The molecule has 3 aromatic rings. The van der Waals surface area contributed by atoms with E-state index in [2.05, 4.69) is 10.1 Å². The van der Waals surface area contributed by atoms with Crippen molar-refractivity contribution in [3.8, 4) is 5.75 Å². The van der Waals surface area contributed by atoms with Gasteiger partial charge in [0.25, 0.3) is 18.5 Å². The van der Waals surface area contributed by atoms with Crippen molar-refractivity contribution >= 4 is 33.0 Å². The lowest BCUT2D eigenvalue weighted by molar-refractivity contribution is -0.386. The normalized spacial score (nSPS) is 18.0. The third-order valence-corrected chi connectivity index (χ3v) is 8.61. The van der Waals surface area contributed by atoms with Crippen LogP contribution in [-0.2, 0) is 44.1 Å². The number of nitrogens with zero attached hydrogens (tertiary/aromatic N) is 5. The molecule has 0 saturated carbocycles. The summed E-state index contributed by atoms with van der Waals surface area (Å²) in [4.78, 5) is 29.8. The number of ether oxygens (including phenoxy) is 2. The minimum Gasteiger partial charge on any atom is -0.382 e. The first kappa shape index (κ1) is 31.7. The number of nitro groups is 1. The fourth-order valence-electron chi connectivity index (χ4n) is 4.99. The molecule has 0 bridgehead atoms. The van der Waals surface area contributed by atoms with Gasteiger partial charge in [0.15, 0.2) is 0 Å². The van der Waals surface area contributed by atoms with Crippen molar-refractivity contribution < 1.29 is 49.4 Å². The van der Waals surface area contributed by atoms with Crippen molar-refractivity contribution in [3.63, 3.8) is 0 Å². The SMILES string of the molecule is CS(=O)(=O)Oc1ccc([N+](=O)[O-])c2c1COC(c1csc(C3CCN(C(=O)Cn4nc(C(F)F)cc4C(F)F)CC3)n1)OC2. The van der Waals surface area contributed by atoms with E-state index in [-0.39, 0.29) is 54.8 Å². The molecule has 1 fully saturated rings. The molecule has 1 aromatic carbocycles. The number of benzene rings is 1. The molecule has 0 radical (unpaired) electrons. The monoisotopic (exact) mass is 663 g/mol. The highest BCUT2D eigenvalue weighted by Gasteiger charge is 2.32. The number of rotatable bonds is 9. The molecule has 1 amide bonds. The Hall–Kier alpha value is -3.68. The molecule has 2 aromatic heterocycles. The van der Waals surface area contributed by atoms with Gasteiger partial charge in [-0.05, 0) is 25.0 Å². The first-order valence-electron chi connectivity index (χ1n) is 13.1. The molecule has 5 rings (SSSR count). The van der Waals surface area contributed by atoms with Gasteiger partial charge in [-0.1, -0.05) is 0 Å². The minimum absolute atomic E-state index is 0.0524. The van der Waals surface area contributed by atoms with Gasteiger partial charge in [0.05, 0.1) is 35.0 Å². The van der Waals surface area contributed by atoms with Crippen LogP contribution < -0.4 is 4.18 Å². The van der Waals surface area contributed by atoms with Gasteiger partial charge in [-0.3, -0.25) is 19.6 Å². The maximum absolute atomic E-state index is 13.3. The van der Waals surface area contributed by atoms with Crippen LogP contribution in [0.2, 0.25) is 0 Å². The summed E-state index contributed by atoms with van der Waals surface area (Å²) in [5.41, 5.74) is -1.17. The lowest BCUT2D eigenvalue weighted by Crippen LogP contribution is -2.40. The van der Waals surface area contributed by atoms with Gasteiger partial charge in [0.1, 0.15) is 29.4 Å². The van der Waals surface area contributed by atoms with Gasteiger partial charge >= 0.3 is 10.1 Å². The van der Waals surface area contributed by atoms with E-state index in [0.717, 1.165) is 17.3 Å². The summed E-state index contributed by atoms with van der Waals surface area (Å²) >= 11 is 1.33.